The van der Waals surface area contributed by atoms with Gasteiger partial charge in [-0.25, -0.2) is 0 Å². The summed E-state index contributed by atoms with van der Waals surface area (Å²) in [4.78, 5) is 26.7. The van der Waals surface area contributed by atoms with Crippen LogP contribution in [-0.4, -0.2) is 99.6 Å². The number of hydrogen-bond donors (Lipinski definition) is 6. The molecule has 0 bridgehead atoms. The molecule has 0 aromatic rings. The molecule has 86 heavy (non-hydrogen) atoms. The molecule has 6 N–H and O–H groups in total. The molecule has 0 radical (unpaired) electrons. The van der Waals surface area contributed by atoms with Crippen molar-refractivity contribution in [2.24, 2.45) is 0 Å². The van der Waals surface area contributed by atoms with Crippen molar-refractivity contribution in [3.8, 4) is 0 Å². The van der Waals surface area contributed by atoms with Crippen molar-refractivity contribution in [1.82, 2.24) is 5.32 Å². The number of amides is 1. The van der Waals surface area contributed by atoms with Crippen molar-refractivity contribution in [3.05, 3.63) is 48.6 Å². The first-order valence-corrected chi connectivity index (χ1v) is 36.9. The second-order valence-electron chi connectivity index (χ2n) is 25.7. The molecule has 1 aliphatic rings. The van der Waals surface area contributed by atoms with Crippen molar-refractivity contribution in [1.29, 1.82) is 0 Å². The fraction of sp³-hybridized carbons (Fsp3) is 0.867. The van der Waals surface area contributed by atoms with E-state index in [2.05, 4.69) is 62.5 Å². The predicted molar refractivity (Wildman–Crippen MR) is 361 cm³/mol. The molecule has 0 aromatic carbocycles. The van der Waals surface area contributed by atoms with Crippen LogP contribution in [-0.2, 0) is 23.8 Å². The van der Waals surface area contributed by atoms with E-state index in [9.17, 15) is 35.1 Å². The van der Waals surface area contributed by atoms with Crippen molar-refractivity contribution >= 4 is 11.9 Å². The van der Waals surface area contributed by atoms with Gasteiger partial charge in [-0.05, 0) is 83.5 Å². The number of ether oxygens (including phenoxy) is 3. The van der Waals surface area contributed by atoms with Crippen LogP contribution in [0.4, 0.5) is 0 Å². The zero-order valence-corrected chi connectivity index (χ0v) is 56.2. The number of esters is 1. The van der Waals surface area contributed by atoms with Crippen LogP contribution in [0.5, 0.6) is 0 Å². The average Bonchev–Trinajstić information content (AvgIpc) is 3.68. The molecule has 504 valence electrons. The Balaban J connectivity index is 2.53. The maximum Gasteiger partial charge on any atom is 0.306 e. The van der Waals surface area contributed by atoms with Crippen molar-refractivity contribution in [2.75, 3.05) is 13.2 Å². The normalized spacial score (nSPS) is 18.5. The molecule has 11 nitrogen and oxygen atoms in total. The zero-order chi connectivity index (χ0) is 62.4. The van der Waals surface area contributed by atoms with Crippen LogP contribution < -0.4 is 5.32 Å². The molecule has 0 aromatic heterocycles. The van der Waals surface area contributed by atoms with Gasteiger partial charge in [0.25, 0.3) is 0 Å². The number of aliphatic hydroxyl groups is 5. The van der Waals surface area contributed by atoms with E-state index in [-0.39, 0.29) is 13.0 Å². The van der Waals surface area contributed by atoms with Gasteiger partial charge >= 0.3 is 5.97 Å². The Labute approximate surface area is 529 Å². The molecular formula is C75H139NO10. The molecule has 11 heteroatoms. The molecule has 0 aliphatic carbocycles. The molecule has 1 aliphatic heterocycles. The number of hydrogen-bond acceptors (Lipinski definition) is 10. The van der Waals surface area contributed by atoms with Crippen molar-refractivity contribution < 1.29 is 49.3 Å². The standard InChI is InChI=1S/C75H139NO10/c1-4-7-10-13-16-19-22-25-27-29-31-32-33-34-35-36-37-39-40-42-44-47-50-53-56-59-62-68(79)74(83)76-66(67(78)61-58-55-52-49-46-24-21-18-15-12-9-6-3)65-84-75-73(72(82)71(81)69(64-77)85-75)86-70(80)63-60-57-54-51-48-45-43-41-38-30-28-26-23-20-17-14-11-8-5-2/h16,19,25-28,58,61,66-69,71-73,75,77-79,81-82H,4-15,17-18,20-24,29-57,59-60,62-65H2,1-3H3,(H,76,83)/b19-16-,27-25-,28-26+,61-58+. The maximum absolute atomic E-state index is 13.5. The van der Waals surface area contributed by atoms with Gasteiger partial charge in [0.1, 0.15) is 24.4 Å². The predicted octanol–water partition coefficient (Wildman–Crippen LogP) is 19.1. The molecule has 0 spiro atoms. The monoisotopic (exact) mass is 1210 g/mol. The number of carbonyl (C=O) groups is 2. The van der Waals surface area contributed by atoms with Crippen LogP contribution in [0.3, 0.4) is 0 Å². The first-order chi connectivity index (χ1) is 42.2. The smallest absolute Gasteiger partial charge is 0.306 e. The zero-order valence-electron chi connectivity index (χ0n) is 56.2. The molecule has 1 heterocycles. The van der Waals surface area contributed by atoms with E-state index in [0.29, 0.717) is 19.3 Å². The quantitative estimate of drug-likeness (QED) is 0.0195. The highest BCUT2D eigenvalue weighted by Gasteiger charge is 2.47. The maximum atomic E-state index is 13.5. The number of rotatable bonds is 64. The van der Waals surface area contributed by atoms with E-state index >= 15 is 0 Å². The summed E-state index contributed by atoms with van der Waals surface area (Å²) >= 11 is 0. The Morgan fingerprint density at radius 3 is 1.22 bits per heavy atom. The molecule has 8 atom stereocenters. The minimum Gasteiger partial charge on any atom is -0.454 e. The summed E-state index contributed by atoms with van der Waals surface area (Å²) in [6.45, 7) is 5.81. The first kappa shape index (κ1) is 81.6. The lowest BCUT2D eigenvalue weighted by Gasteiger charge is -2.41. The molecule has 1 saturated heterocycles. The summed E-state index contributed by atoms with van der Waals surface area (Å²) in [5.74, 6) is -1.18. The van der Waals surface area contributed by atoms with E-state index < -0.39 is 67.4 Å². The summed E-state index contributed by atoms with van der Waals surface area (Å²) in [6.07, 6.45) is 68.7. The summed E-state index contributed by atoms with van der Waals surface area (Å²) in [5, 5.41) is 57.3. The Bertz CT molecular complexity index is 1590. The van der Waals surface area contributed by atoms with Gasteiger partial charge in [0, 0.05) is 6.42 Å². The Hall–Kier alpha value is -2.38. The molecule has 8 unspecified atom stereocenters. The second kappa shape index (κ2) is 62.8. The lowest BCUT2D eigenvalue weighted by atomic mass is 9.99. The van der Waals surface area contributed by atoms with Crippen molar-refractivity contribution in [2.45, 2.75) is 404 Å². The summed E-state index contributed by atoms with van der Waals surface area (Å²) in [7, 11) is 0. The highest BCUT2D eigenvalue weighted by atomic mass is 16.7. The van der Waals surface area contributed by atoms with Crippen LogP contribution in [0.1, 0.15) is 355 Å². The van der Waals surface area contributed by atoms with Gasteiger partial charge in [-0.2, -0.15) is 0 Å². The Kier molecular flexibility index (Phi) is 59.6. The first-order valence-electron chi connectivity index (χ1n) is 36.9. The number of nitrogens with one attached hydrogen (secondary N) is 1. The third-order valence-corrected chi connectivity index (χ3v) is 17.5. The number of allylic oxidation sites excluding steroid dienone is 7. The second-order valence-corrected chi connectivity index (χ2v) is 25.7. The van der Waals surface area contributed by atoms with E-state index in [1.165, 1.54) is 244 Å². The average molecular weight is 1210 g/mol. The number of carbonyl (C=O) groups excluding carboxylic acids is 2. The SMILES string of the molecule is CCCCC/C=C\C/C=C\CCCCCCCCCCCCCCCCCCC(O)C(=O)NC(COC1OC(CO)C(O)C(O)C1OC(=O)CCCCCCCCCCC/C=C/CCCCCCCC)C(O)/C=C/CCCCCCCCCCCC. The van der Waals surface area contributed by atoms with Crippen LogP contribution in [0.25, 0.3) is 0 Å². The minimum absolute atomic E-state index is 0.124. The third kappa shape index (κ3) is 49.4. The van der Waals surface area contributed by atoms with Crippen molar-refractivity contribution in [3.63, 3.8) is 0 Å². The molecule has 1 fully saturated rings. The van der Waals surface area contributed by atoms with Gasteiger partial charge in [0.05, 0.1) is 25.4 Å². The molecule has 1 amide bonds. The van der Waals surface area contributed by atoms with E-state index in [1.54, 1.807) is 6.08 Å². The summed E-state index contributed by atoms with van der Waals surface area (Å²) in [5.41, 5.74) is 0. The molecular weight excluding hydrogens is 1070 g/mol. The Morgan fingerprint density at radius 1 is 0.453 bits per heavy atom. The fourth-order valence-corrected chi connectivity index (χ4v) is 11.6. The van der Waals surface area contributed by atoms with E-state index in [4.69, 9.17) is 14.2 Å². The minimum atomic E-state index is -1.61. The van der Waals surface area contributed by atoms with Crippen LogP contribution in [0, 0.1) is 0 Å². The third-order valence-electron chi connectivity index (χ3n) is 17.5. The highest BCUT2D eigenvalue weighted by Crippen LogP contribution is 2.26. The number of unbranched alkanes of at least 4 members (excludes halogenated alkanes) is 44. The van der Waals surface area contributed by atoms with Crippen LogP contribution in [0.15, 0.2) is 48.6 Å². The van der Waals surface area contributed by atoms with Crippen LogP contribution in [0.2, 0.25) is 0 Å². The van der Waals surface area contributed by atoms with Gasteiger partial charge in [0.2, 0.25) is 5.91 Å². The topological polar surface area (TPSA) is 175 Å². The highest BCUT2D eigenvalue weighted by molar-refractivity contribution is 5.80. The lowest BCUT2D eigenvalue weighted by Crippen LogP contribution is -2.61. The summed E-state index contributed by atoms with van der Waals surface area (Å²) in [6, 6.07) is -1.02. The Morgan fingerprint density at radius 2 is 0.802 bits per heavy atom. The van der Waals surface area contributed by atoms with E-state index in [1.807, 2.05) is 6.08 Å². The van der Waals surface area contributed by atoms with Crippen LogP contribution >= 0.6 is 0 Å². The van der Waals surface area contributed by atoms with Gasteiger partial charge in [-0.15, -0.1) is 0 Å². The molecule has 1 rings (SSSR count). The van der Waals surface area contributed by atoms with Gasteiger partial charge < -0.3 is 45.1 Å². The number of aliphatic hydroxyl groups excluding tert-OH is 5. The van der Waals surface area contributed by atoms with E-state index in [0.717, 1.165) is 64.2 Å². The molecule has 0 saturated carbocycles. The van der Waals surface area contributed by atoms with Gasteiger partial charge in [-0.1, -0.05) is 313 Å². The fourth-order valence-electron chi connectivity index (χ4n) is 11.6. The largest absolute Gasteiger partial charge is 0.454 e. The summed E-state index contributed by atoms with van der Waals surface area (Å²) < 4.78 is 17.7. The van der Waals surface area contributed by atoms with Gasteiger partial charge in [0.15, 0.2) is 12.4 Å². The lowest BCUT2D eigenvalue weighted by molar-refractivity contribution is -0.305. The van der Waals surface area contributed by atoms with Gasteiger partial charge in [-0.3, -0.25) is 9.59 Å².